The van der Waals surface area contributed by atoms with Crippen LogP contribution in [0, 0.1) is 0 Å². The molecule has 1 unspecified atom stereocenters. The minimum atomic E-state index is -5.86. The minimum Gasteiger partial charge on any atom is -0.288 e. The van der Waals surface area contributed by atoms with Crippen LogP contribution in [0.15, 0.2) is 0 Å². The van der Waals surface area contributed by atoms with Crippen molar-refractivity contribution in [3.8, 4) is 0 Å². The highest BCUT2D eigenvalue weighted by molar-refractivity contribution is 8.13. The Morgan fingerprint density at radius 3 is 2.12 bits per heavy atom. The van der Waals surface area contributed by atoms with Gasteiger partial charge >= 0.3 is 12.1 Å². The van der Waals surface area contributed by atoms with E-state index < -0.39 is 24.7 Å². The Morgan fingerprint density at radius 2 is 1.71 bits per heavy atom. The van der Waals surface area contributed by atoms with Crippen LogP contribution >= 0.6 is 11.8 Å². The summed E-state index contributed by atoms with van der Waals surface area (Å²) in [5, 5.41) is -0.178. The van der Waals surface area contributed by atoms with Crippen molar-refractivity contribution in [2.75, 3.05) is 5.75 Å². The van der Waals surface area contributed by atoms with Crippen molar-refractivity contribution in [1.29, 1.82) is 0 Å². The molecule has 0 saturated carbocycles. The molecule has 0 rings (SSSR count). The van der Waals surface area contributed by atoms with Crippen LogP contribution < -0.4 is 0 Å². The van der Waals surface area contributed by atoms with E-state index in [4.69, 9.17) is 0 Å². The monoisotopic (exact) mass is 282 g/mol. The van der Waals surface area contributed by atoms with Crippen molar-refractivity contribution in [3.63, 3.8) is 0 Å². The van der Waals surface area contributed by atoms with Crippen molar-refractivity contribution >= 4 is 16.9 Å². The fourth-order valence-corrected chi connectivity index (χ4v) is 1.64. The first-order chi connectivity index (χ1) is 7.59. The first kappa shape index (κ1) is 16.6. The number of alkyl halides is 6. The smallest absolute Gasteiger partial charge is 0.288 e. The van der Waals surface area contributed by atoms with E-state index in [0.717, 1.165) is 11.8 Å². The number of carbonyl (C=O) groups excluding carboxylic acids is 1. The first-order valence-electron chi connectivity index (χ1n) is 4.81. The zero-order valence-corrected chi connectivity index (χ0v) is 9.81. The van der Waals surface area contributed by atoms with Gasteiger partial charge in [0.05, 0.1) is 0 Å². The third-order valence-electron chi connectivity index (χ3n) is 1.93. The molecule has 0 aliphatic heterocycles. The number of thioether (sulfide) groups is 1. The molecule has 0 aromatic heterocycles. The van der Waals surface area contributed by atoms with E-state index in [1.54, 1.807) is 0 Å². The van der Waals surface area contributed by atoms with Crippen LogP contribution in [-0.4, -0.2) is 29.1 Å². The second-order valence-electron chi connectivity index (χ2n) is 3.42. The van der Waals surface area contributed by atoms with Gasteiger partial charge < -0.3 is 0 Å². The molecule has 0 spiro atoms. The van der Waals surface area contributed by atoms with E-state index in [0.29, 0.717) is 5.75 Å². The molecule has 0 radical (unpaired) electrons. The van der Waals surface area contributed by atoms with Gasteiger partial charge in [-0.2, -0.15) is 22.0 Å². The normalized spacial score (nSPS) is 14.8. The second-order valence-corrected chi connectivity index (χ2v) is 4.70. The Kier molecular flexibility index (Phi) is 6.36. The van der Waals surface area contributed by atoms with Gasteiger partial charge in [0, 0.05) is 12.7 Å². The summed E-state index contributed by atoms with van der Waals surface area (Å²) in [7, 11) is 0. The maximum Gasteiger partial charge on any atom is 0.456 e. The lowest BCUT2D eigenvalue weighted by molar-refractivity contribution is -0.303. The molecule has 0 bridgehead atoms. The molecule has 1 nitrogen and oxygen atoms in total. The molecule has 0 amide bonds. The molecule has 0 aromatic rings. The van der Waals surface area contributed by atoms with Gasteiger partial charge in [-0.1, -0.05) is 11.8 Å². The summed E-state index contributed by atoms with van der Waals surface area (Å²) < 4.78 is 72.7. The van der Waals surface area contributed by atoms with E-state index in [1.165, 1.54) is 6.92 Å². The molecule has 0 aromatic carbocycles. The number of halogens is 6. The number of unbranched alkanes of at least 4 members (excludes halogenated alkanes) is 1. The van der Waals surface area contributed by atoms with Crippen LogP contribution in [0.25, 0.3) is 0 Å². The standard InChI is InChI=1S/C9H12F6OS/c1-6(16)17-5-3-2-4-7(10)8(11,12)9(13,14)15/h7H,2-5H2,1H3. The van der Waals surface area contributed by atoms with Crippen molar-refractivity contribution < 1.29 is 31.1 Å². The molecular weight excluding hydrogens is 270 g/mol. The van der Waals surface area contributed by atoms with Crippen molar-refractivity contribution in [2.24, 2.45) is 0 Å². The van der Waals surface area contributed by atoms with Gasteiger partial charge in [-0.3, -0.25) is 4.79 Å². The van der Waals surface area contributed by atoms with E-state index in [-0.39, 0.29) is 18.0 Å². The SMILES string of the molecule is CC(=O)SCCCCC(F)C(F)(F)C(F)(F)F. The number of hydrogen-bond acceptors (Lipinski definition) is 2. The summed E-state index contributed by atoms with van der Waals surface area (Å²) in [4.78, 5) is 10.5. The predicted octanol–water partition coefficient (Wildman–Crippen LogP) is 3.97. The van der Waals surface area contributed by atoms with E-state index in [2.05, 4.69) is 0 Å². The summed E-state index contributed by atoms with van der Waals surface area (Å²) in [6.07, 6.45) is -9.86. The molecule has 0 aliphatic rings. The molecule has 102 valence electrons. The van der Waals surface area contributed by atoms with Crippen LogP contribution in [0.4, 0.5) is 26.3 Å². The molecule has 8 heteroatoms. The Morgan fingerprint density at radius 1 is 1.18 bits per heavy atom. The van der Waals surface area contributed by atoms with Gasteiger partial charge in [0.2, 0.25) is 0 Å². The van der Waals surface area contributed by atoms with Crippen LogP contribution in [0.1, 0.15) is 26.2 Å². The molecule has 0 saturated heterocycles. The molecule has 1 atom stereocenters. The zero-order valence-electron chi connectivity index (χ0n) is 8.99. The Hall–Kier alpha value is -0.400. The Bertz CT molecular complexity index is 252. The lowest BCUT2D eigenvalue weighted by Crippen LogP contribution is -2.44. The highest BCUT2D eigenvalue weighted by atomic mass is 32.2. The minimum absolute atomic E-state index is 0.118. The summed E-state index contributed by atoms with van der Waals surface area (Å²) in [5.74, 6) is -5.01. The highest BCUT2D eigenvalue weighted by Crippen LogP contribution is 2.40. The highest BCUT2D eigenvalue weighted by Gasteiger charge is 2.62. The third-order valence-corrected chi connectivity index (χ3v) is 2.83. The quantitative estimate of drug-likeness (QED) is 0.541. The first-order valence-corrected chi connectivity index (χ1v) is 5.79. The van der Waals surface area contributed by atoms with Gasteiger partial charge in [-0.05, 0) is 19.3 Å². The maximum absolute atomic E-state index is 12.7. The number of hydrogen-bond donors (Lipinski definition) is 0. The lowest BCUT2D eigenvalue weighted by Gasteiger charge is -2.22. The van der Waals surface area contributed by atoms with Crippen LogP contribution in [0.5, 0.6) is 0 Å². The fourth-order valence-electron chi connectivity index (χ4n) is 1.00. The van der Waals surface area contributed by atoms with Crippen molar-refractivity contribution in [3.05, 3.63) is 0 Å². The predicted molar refractivity (Wildman–Crippen MR) is 52.9 cm³/mol. The molecule has 17 heavy (non-hydrogen) atoms. The molecular formula is C9H12F6OS. The maximum atomic E-state index is 12.7. The Labute approximate surface area is 98.9 Å². The fraction of sp³-hybridized carbons (Fsp3) is 0.889. The van der Waals surface area contributed by atoms with Crippen LogP contribution in [0.2, 0.25) is 0 Å². The van der Waals surface area contributed by atoms with Crippen molar-refractivity contribution in [1.82, 2.24) is 0 Å². The van der Waals surface area contributed by atoms with Crippen LogP contribution in [0.3, 0.4) is 0 Å². The zero-order chi connectivity index (χ0) is 13.7. The summed E-state index contributed by atoms with van der Waals surface area (Å²) >= 11 is 0.925. The second kappa shape index (κ2) is 6.51. The third kappa shape index (κ3) is 5.65. The van der Waals surface area contributed by atoms with Gasteiger partial charge in [-0.25, -0.2) is 4.39 Å². The summed E-state index contributed by atoms with van der Waals surface area (Å²) in [6, 6.07) is 0. The average molecular weight is 282 g/mol. The van der Waals surface area contributed by atoms with Crippen LogP contribution in [-0.2, 0) is 4.79 Å². The number of carbonyl (C=O) groups is 1. The van der Waals surface area contributed by atoms with Gasteiger partial charge in [0.25, 0.3) is 0 Å². The number of rotatable bonds is 6. The molecule has 0 fully saturated rings. The topological polar surface area (TPSA) is 17.1 Å². The average Bonchev–Trinajstić information content (AvgIpc) is 2.14. The van der Waals surface area contributed by atoms with E-state index >= 15 is 0 Å². The van der Waals surface area contributed by atoms with Crippen molar-refractivity contribution in [2.45, 2.75) is 44.5 Å². The molecule has 0 aliphatic carbocycles. The lowest BCUT2D eigenvalue weighted by atomic mass is 10.1. The van der Waals surface area contributed by atoms with Gasteiger partial charge in [0.1, 0.15) is 0 Å². The molecule has 0 heterocycles. The summed E-state index contributed by atoms with van der Waals surface area (Å²) in [5.41, 5.74) is 0. The largest absolute Gasteiger partial charge is 0.456 e. The van der Waals surface area contributed by atoms with Gasteiger partial charge in [-0.15, -0.1) is 0 Å². The summed E-state index contributed by atoms with van der Waals surface area (Å²) in [6.45, 7) is 1.31. The Balaban J connectivity index is 3.94. The molecule has 0 N–H and O–H groups in total. The van der Waals surface area contributed by atoms with E-state index in [1.807, 2.05) is 0 Å². The van der Waals surface area contributed by atoms with E-state index in [9.17, 15) is 31.1 Å². The van der Waals surface area contributed by atoms with Gasteiger partial charge in [0.15, 0.2) is 11.3 Å².